The van der Waals surface area contributed by atoms with Crippen LogP contribution in [0.1, 0.15) is 25.7 Å². The summed E-state index contributed by atoms with van der Waals surface area (Å²) in [5.74, 6) is 0.400. The minimum atomic E-state index is -3.31. The second-order valence-electron chi connectivity index (χ2n) is 4.67. The van der Waals surface area contributed by atoms with E-state index in [0.717, 1.165) is 36.6 Å². The molecule has 1 saturated carbocycles. The molecule has 0 atom stereocenters. The summed E-state index contributed by atoms with van der Waals surface area (Å²) in [6.45, 7) is 0. The number of para-hydroxylation sites is 1. The van der Waals surface area contributed by atoms with Crippen LogP contribution in [0.2, 0.25) is 0 Å². The Morgan fingerprint density at radius 1 is 1.22 bits per heavy atom. The number of hydrogen-bond donors (Lipinski definition) is 2. The maximum atomic E-state index is 12.2. The molecule has 0 unspecified atom stereocenters. The molecule has 18 heavy (non-hydrogen) atoms. The highest BCUT2D eigenvalue weighted by Crippen LogP contribution is 2.27. The van der Waals surface area contributed by atoms with Gasteiger partial charge in [-0.3, -0.25) is 9.82 Å². The van der Waals surface area contributed by atoms with E-state index in [4.69, 9.17) is 0 Å². The number of nitrogens with zero attached hydrogens (tertiary/aromatic N) is 1. The Bertz CT molecular complexity index is 657. The number of aromatic nitrogens is 2. The quantitative estimate of drug-likeness (QED) is 0.893. The van der Waals surface area contributed by atoms with Crippen LogP contribution in [0, 0.1) is 0 Å². The molecule has 0 radical (unpaired) electrons. The zero-order valence-corrected chi connectivity index (χ0v) is 10.7. The fraction of sp³-hybridized carbons (Fsp3) is 0.417. The first kappa shape index (κ1) is 11.5. The van der Waals surface area contributed by atoms with Gasteiger partial charge in [-0.25, -0.2) is 8.42 Å². The zero-order chi connectivity index (χ0) is 12.6. The molecule has 0 spiro atoms. The summed E-state index contributed by atoms with van der Waals surface area (Å²) in [7, 11) is -3.31. The number of aromatic amines is 1. The van der Waals surface area contributed by atoms with Gasteiger partial charge in [0.1, 0.15) is 0 Å². The van der Waals surface area contributed by atoms with Crippen LogP contribution in [0.3, 0.4) is 0 Å². The van der Waals surface area contributed by atoms with Gasteiger partial charge in [0.15, 0.2) is 5.82 Å². The molecule has 2 N–H and O–H groups in total. The summed E-state index contributed by atoms with van der Waals surface area (Å²) >= 11 is 0. The standard InChI is InChI=1S/C12H15N3O2S/c16-18(17,9-5-1-2-6-9)15-12-10-7-3-4-8-11(10)13-14-12/h3-4,7-9H,1-2,5-6H2,(H2,13,14,15). The Morgan fingerprint density at radius 3 is 2.72 bits per heavy atom. The van der Waals surface area contributed by atoms with Crippen molar-refractivity contribution >= 4 is 26.7 Å². The van der Waals surface area contributed by atoms with Gasteiger partial charge in [0.05, 0.1) is 10.8 Å². The van der Waals surface area contributed by atoms with Gasteiger partial charge in [-0.1, -0.05) is 25.0 Å². The Kier molecular flexibility index (Phi) is 2.74. The van der Waals surface area contributed by atoms with Crippen molar-refractivity contribution in [3.05, 3.63) is 24.3 Å². The van der Waals surface area contributed by atoms with E-state index in [0.29, 0.717) is 5.82 Å². The summed E-state index contributed by atoms with van der Waals surface area (Å²) in [5, 5.41) is 7.40. The van der Waals surface area contributed by atoms with Gasteiger partial charge in [-0.15, -0.1) is 0 Å². The number of H-pyrrole nitrogens is 1. The third kappa shape index (κ3) is 1.96. The highest BCUT2D eigenvalue weighted by Gasteiger charge is 2.29. The molecule has 0 amide bonds. The summed E-state index contributed by atoms with van der Waals surface area (Å²) < 4.78 is 27.0. The van der Waals surface area contributed by atoms with Gasteiger partial charge in [0.25, 0.3) is 0 Å². The Morgan fingerprint density at radius 2 is 1.94 bits per heavy atom. The number of hydrogen-bond acceptors (Lipinski definition) is 3. The molecule has 2 aromatic rings. The average molecular weight is 265 g/mol. The number of rotatable bonds is 3. The van der Waals surface area contributed by atoms with E-state index in [1.165, 1.54) is 0 Å². The third-order valence-corrected chi connectivity index (χ3v) is 5.28. The predicted molar refractivity (Wildman–Crippen MR) is 70.9 cm³/mol. The van der Waals surface area contributed by atoms with Crippen LogP contribution in [0.15, 0.2) is 24.3 Å². The van der Waals surface area contributed by atoms with Gasteiger partial charge in [-0.05, 0) is 25.0 Å². The SMILES string of the molecule is O=S(=O)(Nc1n[nH]c2ccccc12)C1CCCC1. The molecule has 1 aliphatic carbocycles. The molecule has 5 nitrogen and oxygen atoms in total. The van der Waals surface area contributed by atoms with Crippen LogP contribution in [-0.2, 0) is 10.0 Å². The van der Waals surface area contributed by atoms with Crippen molar-refractivity contribution in [2.24, 2.45) is 0 Å². The smallest absolute Gasteiger partial charge is 0.236 e. The van der Waals surface area contributed by atoms with Crippen LogP contribution in [0.25, 0.3) is 10.9 Å². The highest BCUT2D eigenvalue weighted by atomic mass is 32.2. The van der Waals surface area contributed by atoms with Crippen molar-refractivity contribution in [3.63, 3.8) is 0 Å². The number of benzene rings is 1. The van der Waals surface area contributed by atoms with Crippen molar-refractivity contribution in [1.82, 2.24) is 10.2 Å². The molecule has 1 fully saturated rings. The second-order valence-corrected chi connectivity index (χ2v) is 6.63. The molecular weight excluding hydrogens is 250 g/mol. The van der Waals surface area contributed by atoms with Crippen LogP contribution >= 0.6 is 0 Å². The average Bonchev–Trinajstić information content (AvgIpc) is 2.99. The highest BCUT2D eigenvalue weighted by molar-refractivity contribution is 7.93. The minimum absolute atomic E-state index is 0.270. The normalized spacial score (nSPS) is 17.3. The molecule has 3 rings (SSSR count). The summed E-state index contributed by atoms with van der Waals surface area (Å²) in [6, 6.07) is 7.47. The lowest BCUT2D eigenvalue weighted by molar-refractivity contribution is 0.585. The Balaban J connectivity index is 1.92. The first-order chi connectivity index (χ1) is 8.67. The maximum absolute atomic E-state index is 12.2. The van der Waals surface area contributed by atoms with Crippen LogP contribution in [0.4, 0.5) is 5.82 Å². The fourth-order valence-corrected chi connectivity index (χ4v) is 4.00. The third-order valence-electron chi connectivity index (χ3n) is 3.45. The van der Waals surface area contributed by atoms with Crippen molar-refractivity contribution in [1.29, 1.82) is 0 Å². The Labute approximate surface area is 106 Å². The fourth-order valence-electron chi connectivity index (χ4n) is 2.46. The number of fused-ring (bicyclic) bond motifs is 1. The van der Waals surface area contributed by atoms with Gasteiger partial charge in [0, 0.05) is 5.39 Å². The van der Waals surface area contributed by atoms with E-state index >= 15 is 0 Å². The first-order valence-corrected chi connectivity index (χ1v) is 7.66. The maximum Gasteiger partial charge on any atom is 0.236 e. The summed E-state index contributed by atoms with van der Waals surface area (Å²) in [6.07, 6.45) is 3.48. The van der Waals surface area contributed by atoms with Gasteiger partial charge < -0.3 is 0 Å². The van der Waals surface area contributed by atoms with E-state index < -0.39 is 10.0 Å². The molecule has 1 heterocycles. The summed E-state index contributed by atoms with van der Waals surface area (Å²) in [4.78, 5) is 0. The molecule has 0 bridgehead atoms. The molecule has 1 aromatic carbocycles. The minimum Gasteiger partial charge on any atom is -0.276 e. The zero-order valence-electron chi connectivity index (χ0n) is 9.89. The monoisotopic (exact) mass is 265 g/mol. The van der Waals surface area contributed by atoms with E-state index in [2.05, 4.69) is 14.9 Å². The molecule has 6 heteroatoms. The number of nitrogens with one attached hydrogen (secondary N) is 2. The largest absolute Gasteiger partial charge is 0.276 e. The van der Waals surface area contributed by atoms with Crippen molar-refractivity contribution in [2.75, 3.05) is 4.72 Å². The molecule has 1 aromatic heterocycles. The van der Waals surface area contributed by atoms with E-state index in [9.17, 15) is 8.42 Å². The second kappa shape index (κ2) is 4.28. The lowest BCUT2D eigenvalue weighted by Crippen LogP contribution is -2.25. The van der Waals surface area contributed by atoms with Gasteiger partial charge in [0.2, 0.25) is 10.0 Å². The Hall–Kier alpha value is -1.56. The van der Waals surface area contributed by atoms with Crippen LogP contribution < -0.4 is 4.72 Å². The van der Waals surface area contributed by atoms with Crippen LogP contribution in [0.5, 0.6) is 0 Å². The molecule has 0 aliphatic heterocycles. The summed E-state index contributed by atoms with van der Waals surface area (Å²) in [5.41, 5.74) is 0.835. The van der Waals surface area contributed by atoms with E-state index in [-0.39, 0.29) is 5.25 Å². The topological polar surface area (TPSA) is 74.8 Å². The predicted octanol–water partition coefficient (Wildman–Crippen LogP) is 2.25. The molecular formula is C12H15N3O2S. The van der Waals surface area contributed by atoms with Crippen molar-refractivity contribution in [2.45, 2.75) is 30.9 Å². The van der Waals surface area contributed by atoms with Gasteiger partial charge >= 0.3 is 0 Å². The van der Waals surface area contributed by atoms with Crippen LogP contribution in [-0.4, -0.2) is 23.9 Å². The lowest BCUT2D eigenvalue weighted by atomic mass is 10.2. The van der Waals surface area contributed by atoms with Gasteiger partial charge in [-0.2, -0.15) is 5.10 Å². The van der Waals surface area contributed by atoms with E-state index in [1.54, 1.807) is 0 Å². The lowest BCUT2D eigenvalue weighted by Gasteiger charge is -2.11. The first-order valence-electron chi connectivity index (χ1n) is 6.11. The van der Waals surface area contributed by atoms with Crippen molar-refractivity contribution in [3.8, 4) is 0 Å². The molecule has 96 valence electrons. The van der Waals surface area contributed by atoms with Crippen molar-refractivity contribution < 1.29 is 8.42 Å². The van der Waals surface area contributed by atoms with E-state index in [1.807, 2.05) is 24.3 Å². The number of anilines is 1. The molecule has 0 saturated heterocycles. The molecule has 1 aliphatic rings. The number of sulfonamides is 1.